The number of hydrogen-bond acceptors (Lipinski definition) is 3. The van der Waals surface area contributed by atoms with Crippen molar-refractivity contribution in [3.63, 3.8) is 0 Å². The molecule has 0 radical (unpaired) electrons. The van der Waals surface area contributed by atoms with Gasteiger partial charge in [0.05, 0.1) is 5.56 Å². The first kappa shape index (κ1) is 19.1. The van der Waals surface area contributed by atoms with E-state index in [4.69, 9.17) is 0 Å². The zero-order chi connectivity index (χ0) is 18.9. The maximum atomic E-state index is 13.6. The molecular formula is C22H26FN3O. The van der Waals surface area contributed by atoms with Crippen LogP contribution in [0.2, 0.25) is 0 Å². The van der Waals surface area contributed by atoms with Crippen molar-refractivity contribution in [1.82, 2.24) is 10.3 Å². The highest BCUT2D eigenvalue weighted by Gasteiger charge is 2.08. The topological polar surface area (TPSA) is 54.0 Å². The van der Waals surface area contributed by atoms with E-state index in [0.29, 0.717) is 36.5 Å². The Bertz CT molecular complexity index is 786. The number of halogens is 1. The van der Waals surface area contributed by atoms with E-state index in [9.17, 15) is 9.18 Å². The number of amides is 1. The standard InChI is InChI=1S/C22H26FN3O/c23-20-9-5-4-8-18(20)13-15-24-21-11-10-19(16-26-21)22(27)25-14-12-17-6-2-1-3-7-17/h4-6,8-11,16H,1-3,7,12-15H2,(H,24,26)(H,25,27). The van der Waals surface area contributed by atoms with E-state index in [1.807, 2.05) is 6.07 Å². The number of carbonyl (C=O) groups is 1. The average molecular weight is 367 g/mol. The molecule has 3 rings (SSSR count). The molecule has 2 N–H and O–H groups in total. The summed E-state index contributed by atoms with van der Waals surface area (Å²) in [4.78, 5) is 16.5. The number of anilines is 1. The minimum absolute atomic E-state index is 0.100. The van der Waals surface area contributed by atoms with E-state index in [1.54, 1.807) is 30.5 Å². The van der Waals surface area contributed by atoms with E-state index < -0.39 is 0 Å². The molecule has 0 atom stereocenters. The molecule has 1 heterocycles. The molecule has 0 saturated carbocycles. The van der Waals surface area contributed by atoms with Gasteiger partial charge in [-0.25, -0.2) is 9.37 Å². The summed E-state index contributed by atoms with van der Waals surface area (Å²) in [6, 6.07) is 10.3. The number of nitrogens with zero attached hydrogens (tertiary/aromatic N) is 1. The third kappa shape index (κ3) is 5.91. The number of nitrogens with one attached hydrogen (secondary N) is 2. The predicted molar refractivity (Wildman–Crippen MR) is 106 cm³/mol. The molecule has 0 fully saturated rings. The largest absolute Gasteiger partial charge is 0.370 e. The maximum Gasteiger partial charge on any atom is 0.252 e. The normalized spacial score (nSPS) is 13.7. The number of rotatable bonds is 8. The van der Waals surface area contributed by atoms with Crippen molar-refractivity contribution < 1.29 is 9.18 Å². The molecule has 1 aliphatic rings. The zero-order valence-corrected chi connectivity index (χ0v) is 15.5. The molecule has 1 amide bonds. The Balaban J connectivity index is 1.41. The molecule has 142 valence electrons. The first-order valence-electron chi connectivity index (χ1n) is 9.62. The quantitative estimate of drug-likeness (QED) is 0.676. The van der Waals surface area contributed by atoms with Crippen LogP contribution < -0.4 is 10.6 Å². The van der Waals surface area contributed by atoms with Gasteiger partial charge >= 0.3 is 0 Å². The Kier molecular flexibility index (Phi) is 6.97. The first-order valence-corrected chi connectivity index (χ1v) is 9.62. The van der Waals surface area contributed by atoms with E-state index >= 15 is 0 Å². The molecule has 5 heteroatoms. The summed E-state index contributed by atoms with van der Waals surface area (Å²) >= 11 is 0. The van der Waals surface area contributed by atoms with Gasteiger partial charge in [0.15, 0.2) is 0 Å². The van der Waals surface area contributed by atoms with Gasteiger partial charge in [0.25, 0.3) is 5.91 Å². The van der Waals surface area contributed by atoms with Crippen LogP contribution in [0.1, 0.15) is 48.0 Å². The van der Waals surface area contributed by atoms with Crippen molar-refractivity contribution in [3.05, 3.63) is 71.2 Å². The summed E-state index contributed by atoms with van der Waals surface area (Å²) < 4.78 is 13.6. The number of hydrogen-bond donors (Lipinski definition) is 2. The van der Waals surface area contributed by atoms with Gasteiger partial charge in [0.2, 0.25) is 0 Å². The van der Waals surface area contributed by atoms with E-state index in [-0.39, 0.29) is 11.7 Å². The van der Waals surface area contributed by atoms with E-state index in [2.05, 4.69) is 21.7 Å². The molecule has 1 aromatic heterocycles. The third-order valence-corrected chi connectivity index (χ3v) is 4.80. The summed E-state index contributed by atoms with van der Waals surface area (Å²) in [7, 11) is 0. The highest BCUT2D eigenvalue weighted by Crippen LogP contribution is 2.19. The number of pyridine rings is 1. The Morgan fingerprint density at radius 3 is 2.70 bits per heavy atom. The molecule has 0 aliphatic heterocycles. The Labute approximate surface area is 159 Å². The van der Waals surface area contributed by atoms with Gasteiger partial charge in [-0.1, -0.05) is 29.8 Å². The molecule has 1 aromatic carbocycles. The Hall–Kier alpha value is -2.69. The van der Waals surface area contributed by atoms with Crippen LogP contribution in [0, 0.1) is 5.82 Å². The van der Waals surface area contributed by atoms with Crippen LogP contribution in [0.5, 0.6) is 0 Å². The maximum absolute atomic E-state index is 13.6. The first-order chi connectivity index (χ1) is 13.2. The lowest BCUT2D eigenvalue weighted by molar-refractivity contribution is 0.0953. The van der Waals surface area contributed by atoms with Gasteiger partial charge in [-0.15, -0.1) is 0 Å². The molecule has 2 aromatic rings. The second-order valence-electron chi connectivity index (χ2n) is 6.81. The highest BCUT2D eigenvalue weighted by atomic mass is 19.1. The number of carbonyl (C=O) groups excluding carboxylic acids is 1. The second-order valence-corrected chi connectivity index (χ2v) is 6.81. The molecule has 1 aliphatic carbocycles. The number of aromatic nitrogens is 1. The lowest BCUT2D eigenvalue weighted by Crippen LogP contribution is -2.25. The lowest BCUT2D eigenvalue weighted by atomic mass is 9.97. The molecule has 0 bridgehead atoms. The van der Waals surface area contributed by atoms with Gasteiger partial charge in [-0.3, -0.25) is 4.79 Å². The fourth-order valence-electron chi connectivity index (χ4n) is 3.23. The third-order valence-electron chi connectivity index (χ3n) is 4.80. The van der Waals surface area contributed by atoms with Crippen molar-refractivity contribution in [2.24, 2.45) is 0 Å². The van der Waals surface area contributed by atoms with Crippen LogP contribution >= 0.6 is 0 Å². The Morgan fingerprint density at radius 1 is 1.07 bits per heavy atom. The fraction of sp³-hybridized carbons (Fsp3) is 0.364. The summed E-state index contributed by atoms with van der Waals surface area (Å²) in [6.07, 6.45) is 10.2. The van der Waals surface area contributed by atoms with Crippen molar-refractivity contribution >= 4 is 11.7 Å². The molecule has 27 heavy (non-hydrogen) atoms. The van der Waals surface area contributed by atoms with Gasteiger partial charge in [0.1, 0.15) is 11.6 Å². The SMILES string of the molecule is O=C(NCCC1=CCCCC1)c1ccc(NCCc2ccccc2F)nc1. The lowest BCUT2D eigenvalue weighted by Gasteiger charge is -2.13. The second kappa shape index (κ2) is 9.86. The predicted octanol–water partition coefficient (Wildman–Crippen LogP) is 4.50. The monoisotopic (exact) mass is 367 g/mol. The summed E-state index contributed by atoms with van der Waals surface area (Å²) in [5.74, 6) is 0.385. The molecular weight excluding hydrogens is 341 g/mol. The van der Waals surface area contributed by atoms with Gasteiger partial charge in [0, 0.05) is 19.3 Å². The van der Waals surface area contributed by atoms with Crippen LogP contribution in [-0.4, -0.2) is 24.0 Å². The Morgan fingerprint density at radius 2 is 1.96 bits per heavy atom. The minimum atomic E-state index is -0.191. The average Bonchev–Trinajstić information content (AvgIpc) is 2.71. The smallest absolute Gasteiger partial charge is 0.252 e. The van der Waals surface area contributed by atoms with Crippen LogP contribution in [0.25, 0.3) is 0 Å². The summed E-state index contributed by atoms with van der Waals surface area (Å²) in [6.45, 7) is 1.24. The van der Waals surface area contributed by atoms with Gasteiger partial charge in [-0.2, -0.15) is 0 Å². The van der Waals surface area contributed by atoms with Crippen LogP contribution in [0.3, 0.4) is 0 Å². The molecule has 0 spiro atoms. The highest BCUT2D eigenvalue weighted by molar-refractivity contribution is 5.94. The van der Waals surface area contributed by atoms with Crippen LogP contribution in [0.15, 0.2) is 54.2 Å². The summed E-state index contributed by atoms with van der Waals surface area (Å²) in [5.41, 5.74) is 2.68. The van der Waals surface area contributed by atoms with Crippen molar-refractivity contribution in [2.45, 2.75) is 38.5 Å². The van der Waals surface area contributed by atoms with Crippen molar-refractivity contribution in [2.75, 3.05) is 18.4 Å². The number of allylic oxidation sites excluding steroid dienone is 1. The van der Waals surface area contributed by atoms with Crippen molar-refractivity contribution in [3.8, 4) is 0 Å². The number of benzene rings is 1. The van der Waals surface area contributed by atoms with Crippen LogP contribution in [-0.2, 0) is 6.42 Å². The zero-order valence-electron chi connectivity index (χ0n) is 15.5. The fourth-order valence-corrected chi connectivity index (χ4v) is 3.23. The molecule has 0 unspecified atom stereocenters. The van der Waals surface area contributed by atoms with Crippen LogP contribution in [0.4, 0.5) is 10.2 Å². The van der Waals surface area contributed by atoms with Crippen molar-refractivity contribution in [1.29, 1.82) is 0 Å². The van der Waals surface area contributed by atoms with E-state index in [1.165, 1.54) is 30.9 Å². The van der Waals surface area contributed by atoms with Gasteiger partial charge < -0.3 is 10.6 Å². The molecule has 4 nitrogen and oxygen atoms in total. The van der Waals surface area contributed by atoms with Gasteiger partial charge in [-0.05, 0) is 62.3 Å². The summed E-state index contributed by atoms with van der Waals surface area (Å²) in [5, 5.41) is 6.11. The minimum Gasteiger partial charge on any atom is -0.370 e. The molecule has 0 saturated heterocycles. The van der Waals surface area contributed by atoms with E-state index in [0.717, 1.165) is 12.8 Å².